The van der Waals surface area contributed by atoms with Crippen LogP contribution in [-0.2, 0) is 4.79 Å². The minimum atomic E-state index is -0.478. The standard InChI is InChI=1S/C15H13NO4/c1-10-8-13(6-7-14(10)19-9-17)20-15(18)11-2-4-12(16)5-3-11/h2-9H,16H2,1H3. The van der Waals surface area contributed by atoms with E-state index in [1.807, 2.05) is 0 Å². The third kappa shape index (κ3) is 3.14. The molecule has 0 aliphatic rings. The van der Waals surface area contributed by atoms with Crippen molar-refractivity contribution < 1.29 is 19.1 Å². The molecular weight excluding hydrogens is 258 g/mol. The first-order valence-electron chi connectivity index (χ1n) is 5.89. The van der Waals surface area contributed by atoms with Crippen LogP contribution in [0.3, 0.4) is 0 Å². The average molecular weight is 271 g/mol. The van der Waals surface area contributed by atoms with Crippen molar-refractivity contribution in [2.45, 2.75) is 6.92 Å². The third-order valence-electron chi connectivity index (χ3n) is 2.68. The molecule has 2 aromatic rings. The number of anilines is 1. The first-order valence-corrected chi connectivity index (χ1v) is 5.89. The maximum absolute atomic E-state index is 11.9. The van der Waals surface area contributed by atoms with Crippen LogP contribution in [0, 0.1) is 6.92 Å². The normalized spacial score (nSPS) is 9.85. The number of aryl methyl sites for hydroxylation is 1. The number of hydrogen-bond donors (Lipinski definition) is 1. The highest BCUT2D eigenvalue weighted by atomic mass is 16.5. The molecule has 0 fully saturated rings. The van der Waals surface area contributed by atoms with Crippen LogP contribution >= 0.6 is 0 Å². The summed E-state index contributed by atoms with van der Waals surface area (Å²) in [6.45, 7) is 2.10. The second-order valence-electron chi connectivity index (χ2n) is 4.15. The number of hydrogen-bond acceptors (Lipinski definition) is 5. The van der Waals surface area contributed by atoms with Crippen LogP contribution in [-0.4, -0.2) is 12.4 Å². The maximum atomic E-state index is 11.9. The van der Waals surface area contributed by atoms with Gasteiger partial charge >= 0.3 is 5.97 Å². The van der Waals surface area contributed by atoms with Crippen LogP contribution in [0.2, 0.25) is 0 Å². The van der Waals surface area contributed by atoms with Crippen molar-refractivity contribution >= 4 is 18.1 Å². The molecule has 0 amide bonds. The van der Waals surface area contributed by atoms with Crippen molar-refractivity contribution in [3.63, 3.8) is 0 Å². The van der Waals surface area contributed by atoms with Crippen LogP contribution in [0.1, 0.15) is 15.9 Å². The third-order valence-corrected chi connectivity index (χ3v) is 2.68. The van der Waals surface area contributed by atoms with Gasteiger partial charge in [-0.1, -0.05) is 0 Å². The van der Waals surface area contributed by atoms with E-state index in [9.17, 15) is 9.59 Å². The van der Waals surface area contributed by atoms with Crippen molar-refractivity contribution in [2.75, 3.05) is 5.73 Å². The number of esters is 1. The van der Waals surface area contributed by atoms with Gasteiger partial charge in [-0.15, -0.1) is 0 Å². The van der Waals surface area contributed by atoms with Gasteiger partial charge in [-0.25, -0.2) is 4.79 Å². The fourth-order valence-electron chi connectivity index (χ4n) is 1.65. The number of rotatable bonds is 4. The summed E-state index contributed by atoms with van der Waals surface area (Å²) in [5, 5.41) is 0. The van der Waals surface area contributed by atoms with Crippen LogP contribution in [0.25, 0.3) is 0 Å². The molecule has 102 valence electrons. The molecule has 0 spiro atoms. The molecule has 0 atom stereocenters. The summed E-state index contributed by atoms with van der Waals surface area (Å²) in [5.74, 6) is 0.323. The lowest BCUT2D eigenvalue weighted by molar-refractivity contribution is -0.120. The Morgan fingerprint density at radius 2 is 1.85 bits per heavy atom. The molecule has 2 N–H and O–H groups in total. The van der Waals surface area contributed by atoms with Gasteiger partial charge in [-0.05, 0) is 55.0 Å². The Kier molecular flexibility index (Phi) is 4.00. The SMILES string of the molecule is Cc1cc(OC(=O)c2ccc(N)cc2)ccc1OC=O. The summed E-state index contributed by atoms with van der Waals surface area (Å²) in [5.41, 5.74) is 7.23. The first kappa shape index (κ1) is 13.6. The lowest BCUT2D eigenvalue weighted by Gasteiger charge is -2.07. The zero-order valence-electron chi connectivity index (χ0n) is 10.8. The Morgan fingerprint density at radius 3 is 2.45 bits per heavy atom. The molecule has 2 rings (SSSR count). The molecular formula is C15H13NO4. The van der Waals surface area contributed by atoms with E-state index in [1.54, 1.807) is 49.4 Å². The van der Waals surface area contributed by atoms with Crippen molar-refractivity contribution in [2.24, 2.45) is 0 Å². The maximum Gasteiger partial charge on any atom is 0.343 e. The quantitative estimate of drug-likeness (QED) is 0.399. The molecule has 0 saturated carbocycles. The zero-order chi connectivity index (χ0) is 14.5. The van der Waals surface area contributed by atoms with Gasteiger partial charge in [-0.2, -0.15) is 0 Å². The number of carbonyl (C=O) groups excluding carboxylic acids is 2. The Labute approximate surface area is 115 Å². The van der Waals surface area contributed by atoms with Gasteiger partial charge in [0, 0.05) is 5.69 Å². The molecule has 5 nitrogen and oxygen atoms in total. The van der Waals surface area contributed by atoms with Crippen molar-refractivity contribution in [1.82, 2.24) is 0 Å². The van der Waals surface area contributed by atoms with Gasteiger partial charge in [0.05, 0.1) is 5.56 Å². The van der Waals surface area contributed by atoms with E-state index in [1.165, 1.54) is 0 Å². The lowest BCUT2D eigenvalue weighted by Crippen LogP contribution is -2.08. The zero-order valence-corrected chi connectivity index (χ0v) is 10.8. The largest absolute Gasteiger partial charge is 0.428 e. The van der Waals surface area contributed by atoms with E-state index in [0.29, 0.717) is 34.8 Å². The second kappa shape index (κ2) is 5.88. The molecule has 0 aliphatic carbocycles. The van der Waals surface area contributed by atoms with E-state index in [-0.39, 0.29) is 0 Å². The predicted octanol–water partition coefficient (Wildman–Crippen LogP) is 2.33. The Balaban J connectivity index is 2.13. The highest BCUT2D eigenvalue weighted by Crippen LogP contribution is 2.23. The fourth-order valence-corrected chi connectivity index (χ4v) is 1.65. The summed E-state index contributed by atoms with van der Waals surface area (Å²) < 4.78 is 9.99. The first-order chi connectivity index (χ1) is 9.60. The smallest absolute Gasteiger partial charge is 0.343 e. The van der Waals surface area contributed by atoms with E-state index < -0.39 is 5.97 Å². The van der Waals surface area contributed by atoms with Gasteiger partial charge in [0.25, 0.3) is 6.47 Å². The molecule has 2 aromatic carbocycles. The summed E-state index contributed by atoms with van der Waals surface area (Å²) in [6, 6.07) is 11.2. The molecule has 0 saturated heterocycles. The second-order valence-corrected chi connectivity index (χ2v) is 4.15. The molecule has 0 unspecified atom stereocenters. The van der Waals surface area contributed by atoms with E-state index >= 15 is 0 Å². The minimum Gasteiger partial charge on any atom is -0.428 e. The highest BCUT2D eigenvalue weighted by molar-refractivity contribution is 5.91. The summed E-state index contributed by atoms with van der Waals surface area (Å²) in [6.07, 6.45) is 0. The van der Waals surface area contributed by atoms with E-state index in [0.717, 1.165) is 0 Å². The molecule has 20 heavy (non-hydrogen) atoms. The number of benzene rings is 2. The summed E-state index contributed by atoms with van der Waals surface area (Å²) in [7, 11) is 0. The van der Waals surface area contributed by atoms with Crippen molar-refractivity contribution in [3.05, 3.63) is 53.6 Å². The number of nitrogen functional groups attached to an aromatic ring is 1. The summed E-state index contributed by atoms with van der Waals surface area (Å²) in [4.78, 5) is 22.2. The summed E-state index contributed by atoms with van der Waals surface area (Å²) >= 11 is 0. The molecule has 0 heterocycles. The van der Waals surface area contributed by atoms with Crippen LogP contribution in [0.4, 0.5) is 5.69 Å². The molecule has 0 radical (unpaired) electrons. The lowest BCUT2D eigenvalue weighted by atomic mass is 10.2. The highest BCUT2D eigenvalue weighted by Gasteiger charge is 2.09. The molecule has 0 aromatic heterocycles. The van der Waals surface area contributed by atoms with Crippen molar-refractivity contribution in [3.8, 4) is 11.5 Å². The van der Waals surface area contributed by atoms with E-state index in [2.05, 4.69) is 0 Å². The van der Waals surface area contributed by atoms with Gasteiger partial charge in [-0.3, -0.25) is 4.79 Å². The number of nitrogens with two attached hydrogens (primary N) is 1. The van der Waals surface area contributed by atoms with Gasteiger partial charge in [0.2, 0.25) is 0 Å². The fraction of sp³-hybridized carbons (Fsp3) is 0.0667. The molecule has 0 aliphatic heterocycles. The van der Waals surface area contributed by atoms with Crippen molar-refractivity contribution in [1.29, 1.82) is 0 Å². The van der Waals surface area contributed by atoms with Gasteiger partial charge in [0.1, 0.15) is 11.5 Å². The van der Waals surface area contributed by atoms with Crippen LogP contribution in [0.5, 0.6) is 11.5 Å². The van der Waals surface area contributed by atoms with Gasteiger partial charge in [0.15, 0.2) is 0 Å². The molecule has 5 heteroatoms. The van der Waals surface area contributed by atoms with Crippen LogP contribution < -0.4 is 15.2 Å². The van der Waals surface area contributed by atoms with E-state index in [4.69, 9.17) is 15.2 Å². The minimum absolute atomic E-state index is 0.350. The monoisotopic (exact) mass is 271 g/mol. The van der Waals surface area contributed by atoms with Gasteiger partial charge < -0.3 is 15.2 Å². The Bertz CT molecular complexity index is 635. The number of carbonyl (C=O) groups is 2. The predicted molar refractivity (Wildman–Crippen MR) is 73.7 cm³/mol. The molecule has 0 bridgehead atoms. The Hall–Kier alpha value is -2.82. The average Bonchev–Trinajstić information content (AvgIpc) is 2.42. The van der Waals surface area contributed by atoms with Crippen LogP contribution in [0.15, 0.2) is 42.5 Å². The topological polar surface area (TPSA) is 78.6 Å². The number of ether oxygens (including phenoxy) is 2. The Morgan fingerprint density at radius 1 is 1.15 bits per heavy atom.